The zero-order chi connectivity index (χ0) is 12.6. The summed E-state index contributed by atoms with van der Waals surface area (Å²) in [5.41, 5.74) is 0.706. The highest BCUT2D eigenvalue weighted by Crippen LogP contribution is 2.40. The summed E-state index contributed by atoms with van der Waals surface area (Å²) in [6, 6.07) is 6.63. The molecule has 0 fully saturated rings. The van der Waals surface area contributed by atoms with Gasteiger partial charge in [-0.25, -0.2) is 4.39 Å². The Hall–Kier alpha value is 0.390. The summed E-state index contributed by atoms with van der Waals surface area (Å²) in [4.78, 5) is 0.880. The van der Waals surface area contributed by atoms with Gasteiger partial charge in [0.05, 0.1) is 18.7 Å². The van der Waals surface area contributed by atoms with E-state index in [2.05, 4.69) is 31.9 Å². The first kappa shape index (κ1) is 13.8. The summed E-state index contributed by atoms with van der Waals surface area (Å²) in [5.74, 6) is -0.324. The molecular weight excluding hydrogens is 414 g/mol. The molecule has 0 saturated heterocycles. The average molecular weight is 419 g/mol. The first-order valence-corrected chi connectivity index (χ1v) is 7.74. The van der Waals surface area contributed by atoms with Crippen molar-refractivity contribution in [3.63, 3.8) is 0 Å². The third kappa shape index (κ3) is 3.04. The molecule has 0 spiro atoms. The maximum Gasteiger partial charge on any atom is 0.137 e. The van der Waals surface area contributed by atoms with Crippen LogP contribution in [0.2, 0.25) is 5.02 Å². The van der Waals surface area contributed by atoms with Gasteiger partial charge in [0.15, 0.2) is 0 Å². The molecule has 17 heavy (non-hydrogen) atoms. The summed E-state index contributed by atoms with van der Waals surface area (Å²) in [6.07, 6.45) is 0. The Kier molecular flexibility index (Phi) is 4.53. The van der Waals surface area contributed by atoms with Gasteiger partial charge in [-0.15, -0.1) is 22.9 Å². The van der Waals surface area contributed by atoms with Crippen LogP contribution in [-0.4, -0.2) is 0 Å². The predicted molar refractivity (Wildman–Crippen MR) is 78.8 cm³/mol. The Morgan fingerprint density at radius 2 is 1.94 bits per heavy atom. The molecule has 1 atom stereocenters. The van der Waals surface area contributed by atoms with E-state index in [1.165, 1.54) is 17.4 Å². The van der Waals surface area contributed by atoms with Gasteiger partial charge >= 0.3 is 0 Å². The number of halogens is 5. The van der Waals surface area contributed by atoms with Gasteiger partial charge in [-0.2, -0.15) is 0 Å². The summed E-state index contributed by atoms with van der Waals surface area (Å²) in [6.45, 7) is 0. The van der Waals surface area contributed by atoms with E-state index >= 15 is 0 Å². The van der Waals surface area contributed by atoms with Gasteiger partial charge in [-0.3, -0.25) is 0 Å². The number of hydrogen-bond donors (Lipinski definition) is 0. The molecule has 0 aliphatic rings. The van der Waals surface area contributed by atoms with E-state index in [1.54, 1.807) is 18.2 Å². The van der Waals surface area contributed by atoms with E-state index in [-0.39, 0.29) is 5.82 Å². The van der Waals surface area contributed by atoms with Crippen molar-refractivity contribution in [2.24, 2.45) is 0 Å². The van der Waals surface area contributed by atoms with Crippen molar-refractivity contribution in [1.29, 1.82) is 0 Å². The zero-order valence-electron chi connectivity index (χ0n) is 8.18. The molecule has 0 saturated carbocycles. The van der Waals surface area contributed by atoms with Crippen LogP contribution in [0.4, 0.5) is 4.39 Å². The molecule has 1 aromatic heterocycles. The Labute approximate surface area is 129 Å². The minimum absolute atomic E-state index is 0.324. The van der Waals surface area contributed by atoms with E-state index in [0.29, 0.717) is 15.1 Å². The number of hydrogen-bond acceptors (Lipinski definition) is 1. The third-order valence-electron chi connectivity index (χ3n) is 2.15. The Balaban J connectivity index is 2.36. The maximum absolute atomic E-state index is 13.4. The molecule has 2 rings (SSSR count). The zero-order valence-corrected chi connectivity index (χ0v) is 13.7. The van der Waals surface area contributed by atoms with Gasteiger partial charge in [0.25, 0.3) is 0 Å². The lowest BCUT2D eigenvalue weighted by atomic mass is 10.1. The maximum atomic E-state index is 13.4. The molecule has 1 aromatic carbocycles. The molecule has 0 nitrogen and oxygen atoms in total. The van der Waals surface area contributed by atoms with Crippen molar-refractivity contribution in [2.75, 3.05) is 0 Å². The molecule has 2 aromatic rings. The van der Waals surface area contributed by atoms with E-state index in [9.17, 15) is 4.39 Å². The van der Waals surface area contributed by atoms with Crippen LogP contribution in [0.3, 0.4) is 0 Å². The Bertz CT molecular complexity index is 537. The molecule has 0 radical (unpaired) electrons. The second kappa shape index (κ2) is 5.57. The fraction of sp³-hybridized carbons (Fsp3) is 0.0909. The van der Waals surface area contributed by atoms with Crippen molar-refractivity contribution in [1.82, 2.24) is 0 Å². The standard InChI is InChI=1S/C11H5Br2Cl2FS/c12-6-2-1-5(3-8(6)16)10(15)9-4-7(14)11(13)17-9/h1-4,10H. The summed E-state index contributed by atoms with van der Waals surface area (Å²) >= 11 is 20.1. The van der Waals surface area contributed by atoms with Gasteiger partial charge in [-0.05, 0) is 55.6 Å². The van der Waals surface area contributed by atoms with E-state index in [4.69, 9.17) is 23.2 Å². The number of rotatable bonds is 2. The molecule has 6 heteroatoms. The molecule has 1 heterocycles. The van der Waals surface area contributed by atoms with Crippen LogP contribution in [0.1, 0.15) is 15.8 Å². The Morgan fingerprint density at radius 3 is 2.47 bits per heavy atom. The van der Waals surface area contributed by atoms with Crippen molar-refractivity contribution < 1.29 is 4.39 Å². The van der Waals surface area contributed by atoms with Gasteiger partial charge < -0.3 is 0 Å². The SMILES string of the molecule is Fc1cc(C(Cl)c2cc(Cl)c(Br)s2)ccc1Br. The van der Waals surface area contributed by atoms with Crippen LogP contribution >= 0.6 is 66.4 Å². The topological polar surface area (TPSA) is 0 Å². The van der Waals surface area contributed by atoms with E-state index in [1.807, 2.05) is 0 Å². The molecule has 0 amide bonds. The van der Waals surface area contributed by atoms with Crippen LogP contribution in [0.5, 0.6) is 0 Å². The fourth-order valence-electron chi connectivity index (χ4n) is 1.32. The summed E-state index contributed by atoms with van der Waals surface area (Å²) in [7, 11) is 0. The highest BCUT2D eigenvalue weighted by Gasteiger charge is 2.16. The van der Waals surface area contributed by atoms with Crippen LogP contribution in [0.15, 0.2) is 32.5 Å². The monoisotopic (exact) mass is 416 g/mol. The molecule has 0 aliphatic carbocycles. The minimum Gasteiger partial charge on any atom is -0.206 e. The highest BCUT2D eigenvalue weighted by atomic mass is 79.9. The van der Waals surface area contributed by atoms with Crippen LogP contribution in [0.25, 0.3) is 0 Å². The minimum atomic E-state index is -0.397. The molecule has 0 aliphatic heterocycles. The second-order valence-corrected chi connectivity index (χ2v) is 7.41. The number of alkyl halides is 1. The molecule has 0 bridgehead atoms. The van der Waals surface area contributed by atoms with Crippen molar-refractivity contribution in [3.05, 3.63) is 53.8 Å². The van der Waals surface area contributed by atoms with Crippen molar-refractivity contribution >= 4 is 66.4 Å². The van der Waals surface area contributed by atoms with E-state index in [0.717, 1.165) is 8.66 Å². The average Bonchev–Trinajstić information content (AvgIpc) is 2.62. The number of thiophene rings is 1. The van der Waals surface area contributed by atoms with Gasteiger partial charge in [0.1, 0.15) is 5.82 Å². The normalized spacial score (nSPS) is 12.8. The molecule has 1 unspecified atom stereocenters. The van der Waals surface area contributed by atoms with Gasteiger partial charge in [0, 0.05) is 4.88 Å². The molecule has 90 valence electrons. The van der Waals surface area contributed by atoms with Crippen molar-refractivity contribution in [2.45, 2.75) is 5.38 Å². The highest BCUT2D eigenvalue weighted by molar-refractivity contribution is 9.11. The Morgan fingerprint density at radius 1 is 1.24 bits per heavy atom. The second-order valence-electron chi connectivity index (χ2n) is 3.31. The van der Waals surface area contributed by atoms with E-state index < -0.39 is 5.38 Å². The smallest absolute Gasteiger partial charge is 0.137 e. The van der Waals surface area contributed by atoms with Gasteiger partial charge in [-0.1, -0.05) is 17.7 Å². The summed E-state index contributed by atoms with van der Waals surface area (Å²) < 4.78 is 14.7. The first-order valence-electron chi connectivity index (χ1n) is 4.53. The van der Waals surface area contributed by atoms with Gasteiger partial charge in [0.2, 0.25) is 0 Å². The fourth-order valence-corrected chi connectivity index (χ4v) is 3.65. The lowest BCUT2D eigenvalue weighted by Gasteiger charge is -2.08. The molecular formula is C11H5Br2Cl2FS. The predicted octanol–water partition coefficient (Wildman–Crippen LogP) is 6.39. The largest absolute Gasteiger partial charge is 0.206 e. The third-order valence-corrected chi connectivity index (χ3v) is 5.95. The first-order chi connectivity index (χ1) is 7.99. The van der Waals surface area contributed by atoms with Crippen LogP contribution in [0, 0.1) is 5.82 Å². The summed E-state index contributed by atoms with van der Waals surface area (Å²) in [5, 5.41) is 0.222. The number of benzene rings is 1. The quantitative estimate of drug-likeness (QED) is 0.495. The lowest BCUT2D eigenvalue weighted by Crippen LogP contribution is -1.91. The lowest BCUT2D eigenvalue weighted by molar-refractivity contribution is 0.619. The van der Waals surface area contributed by atoms with Crippen LogP contribution < -0.4 is 0 Å². The van der Waals surface area contributed by atoms with Crippen LogP contribution in [-0.2, 0) is 0 Å². The van der Waals surface area contributed by atoms with Crippen molar-refractivity contribution in [3.8, 4) is 0 Å². The molecule has 0 N–H and O–H groups in total.